The number of hydrogen-bond donors (Lipinski definition) is 0. The zero-order chi connectivity index (χ0) is 37.0. The van der Waals surface area contributed by atoms with Crippen LogP contribution >= 0.6 is 0 Å². The molecule has 10 aromatic carbocycles. The first kappa shape index (κ1) is 32.2. The monoisotopic (exact) mass is 708 g/mol. The summed E-state index contributed by atoms with van der Waals surface area (Å²) in [5, 5.41) is 5.12. The first-order valence-corrected chi connectivity index (χ1v) is 19.4. The second-order valence-corrected chi connectivity index (χ2v) is 14.8. The van der Waals surface area contributed by atoms with Crippen LogP contribution in [0.2, 0.25) is 0 Å². The molecule has 56 heavy (non-hydrogen) atoms. The van der Waals surface area contributed by atoms with Gasteiger partial charge in [0.05, 0.1) is 0 Å². The van der Waals surface area contributed by atoms with Gasteiger partial charge in [0, 0.05) is 0 Å². The fourth-order valence-electron chi connectivity index (χ4n) is 9.02. The van der Waals surface area contributed by atoms with Crippen LogP contribution in [-0.2, 0) is 0 Å². The van der Waals surface area contributed by atoms with E-state index >= 15 is 0 Å². The molecule has 0 N–H and O–H groups in total. The van der Waals surface area contributed by atoms with Crippen LogP contribution in [-0.4, -0.2) is 0 Å². The normalized spacial score (nSPS) is 11.6. The van der Waals surface area contributed by atoms with E-state index in [1.165, 1.54) is 111 Å². The smallest absolute Gasteiger partial charge is 0.000764 e. The highest BCUT2D eigenvalue weighted by molar-refractivity contribution is 6.22. The summed E-state index contributed by atoms with van der Waals surface area (Å²) in [6, 6.07) is 80.3. The maximum absolute atomic E-state index is 2.46. The van der Waals surface area contributed by atoms with Gasteiger partial charge in [-0.3, -0.25) is 0 Å². The summed E-state index contributed by atoms with van der Waals surface area (Å²) in [6.07, 6.45) is 0. The zero-order valence-electron chi connectivity index (χ0n) is 30.8. The Morgan fingerprint density at radius 3 is 1.41 bits per heavy atom. The Bertz CT molecular complexity index is 3090. The lowest BCUT2D eigenvalue weighted by Crippen LogP contribution is -1.95. The highest BCUT2D eigenvalue weighted by Gasteiger charge is 2.30. The number of benzene rings is 10. The largest absolute Gasteiger partial charge is 0.0622 e. The van der Waals surface area contributed by atoms with Crippen molar-refractivity contribution in [1.82, 2.24) is 0 Å². The number of hydrogen-bond acceptors (Lipinski definition) is 0. The Kier molecular flexibility index (Phi) is 7.60. The van der Waals surface area contributed by atoms with Gasteiger partial charge in [0.2, 0.25) is 0 Å². The summed E-state index contributed by atoms with van der Waals surface area (Å²) in [7, 11) is 0. The van der Waals surface area contributed by atoms with Crippen molar-refractivity contribution < 1.29 is 0 Å². The minimum Gasteiger partial charge on any atom is -0.0622 e. The molecule has 0 amide bonds. The molecule has 0 fully saturated rings. The zero-order valence-corrected chi connectivity index (χ0v) is 30.8. The van der Waals surface area contributed by atoms with Crippen molar-refractivity contribution in [3.05, 3.63) is 218 Å². The van der Waals surface area contributed by atoms with E-state index in [2.05, 4.69) is 218 Å². The molecule has 1 aliphatic rings. The Hall–Kier alpha value is -7.28. The van der Waals surface area contributed by atoms with E-state index in [1.807, 2.05) is 0 Å². The lowest BCUT2D eigenvalue weighted by molar-refractivity contribution is 1.55. The quantitative estimate of drug-likeness (QED) is 0.161. The third-order valence-corrected chi connectivity index (χ3v) is 11.6. The summed E-state index contributed by atoms with van der Waals surface area (Å²) in [5.74, 6) is 0. The molecule has 0 aliphatic heterocycles. The minimum atomic E-state index is 1.19. The molecule has 10 aromatic rings. The molecule has 0 heteroatoms. The van der Waals surface area contributed by atoms with Gasteiger partial charge in [-0.2, -0.15) is 0 Å². The molecule has 1 aliphatic carbocycles. The minimum absolute atomic E-state index is 1.19. The van der Waals surface area contributed by atoms with Crippen LogP contribution in [0, 0.1) is 0 Å². The Morgan fingerprint density at radius 1 is 0.179 bits per heavy atom. The van der Waals surface area contributed by atoms with Crippen LogP contribution in [0.3, 0.4) is 0 Å². The molecule has 0 atom stereocenters. The van der Waals surface area contributed by atoms with Crippen molar-refractivity contribution in [1.29, 1.82) is 0 Å². The number of fused-ring (bicyclic) bond motifs is 4. The molecule has 0 saturated carbocycles. The van der Waals surface area contributed by atoms with Gasteiger partial charge >= 0.3 is 0 Å². The third-order valence-electron chi connectivity index (χ3n) is 11.6. The van der Waals surface area contributed by atoms with Crippen LogP contribution in [0.5, 0.6) is 0 Å². The molecule has 0 aromatic heterocycles. The van der Waals surface area contributed by atoms with Gasteiger partial charge in [-0.05, 0) is 135 Å². The summed E-state index contributed by atoms with van der Waals surface area (Å²) < 4.78 is 0. The predicted molar refractivity (Wildman–Crippen MR) is 238 cm³/mol. The van der Waals surface area contributed by atoms with Crippen LogP contribution in [0.25, 0.3) is 111 Å². The van der Waals surface area contributed by atoms with Crippen molar-refractivity contribution in [3.63, 3.8) is 0 Å². The van der Waals surface area contributed by atoms with E-state index in [-0.39, 0.29) is 0 Å². The topological polar surface area (TPSA) is 0 Å². The fourth-order valence-corrected chi connectivity index (χ4v) is 9.02. The summed E-state index contributed by atoms with van der Waals surface area (Å²) in [5.41, 5.74) is 19.9. The second kappa shape index (κ2) is 13.2. The average molecular weight is 709 g/mol. The molecular weight excluding hydrogens is 673 g/mol. The highest BCUT2D eigenvalue weighted by Crippen LogP contribution is 2.57. The van der Waals surface area contributed by atoms with E-state index in [4.69, 9.17) is 0 Å². The lowest BCUT2D eigenvalue weighted by Gasteiger charge is -2.21. The van der Waals surface area contributed by atoms with Gasteiger partial charge in [0.15, 0.2) is 0 Å². The standard InChI is InChI=1S/C56H36/c1-4-16-38(17-5-1)50-35-44(31-32-47(50)46-30-29-37-15-10-11-22-42(37)33-46)43-25-12-26-45(34-43)52-36-51(39-18-6-2-7-19-39)55-48-27-13-23-40-24-14-28-49(53(40)48)56(55)54(52)41-20-8-3-9-21-41/h1-36H. The molecule has 260 valence electrons. The van der Waals surface area contributed by atoms with Crippen molar-refractivity contribution >= 4 is 21.5 Å². The summed E-state index contributed by atoms with van der Waals surface area (Å²) in [6.45, 7) is 0. The van der Waals surface area contributed by atoms with E-state index in [0.717, 1.165) is 0 Å². The summed E-state index contributed by atoms with van der Waals surface area (Å²) >= 11 is 0. The SMILES string of the molecule is c1ccc(-c2cc(-c3cccc(-c4cc(-c5ccccc5)c5c(c4-c4ccccc4)-c4cccc6cccc-5c46)c3)ccc2-c2ccc3ccccc3c2)cc1. The van der Waals surface area contributed by atoms with Gasteiger partial charge in [-0.25, -0.2) is 0 Å². The predicted octanol–water partition coefficient (Wildman–Crippen LogP) is 15.6. The van der Waals surface area contributed by atoms with Crippen molar-refractivity contribution in [2.45, 2.75) is 0 Å². The second-order valence-electron chi connectivity index (χ2n) is 14.8. The van der Waals surface area contributed by atoms with Gasteiger partial charge in [0.25, 0.3) is 0 Å². The van der Waals surface area contributed by atoms with E-state index in [1.54, 1.807) is 0 Å². The maximum Gasteiger partial charge on any atom is -0.000764 e. The van der Waals surface area contributed by atoms with Crippen molar-refractivity contribution in [3.8, 4) is 89.0 Å². The molecule has 0 bridgehead atoms. The van der Waals surface area contributed by atoms with E-state index < -0.39 is 0 Å². The third kappa shape index (κ3) is 5.30. The van der Waals surface area contributed by atoms with Crippen LogP contribution < -0.4 is 0 Å². The molecule has 0 nitrogen and oxygen atoms in total. The highest BCUT2D eigenvalue weighted by atomic mass is 14.3. The molecule has 0 spiro atoms. The van der Waals surface area contributed by atoms with Crippen LogP contribution in [0.15, 0.2) is 218 Å². The first-order chi connectivity index (χ1) is 27.8. The van der Waals surface area contributed by atoms with Crippen molar-refractivity contribution in [2.24, 2.45) is 0 Å². The van der Waals surface area contributed by atoms with Crippen LogP contribution in [0.4, 0.5) is 0 Å². The molecule has 0 radical (unpaired) electrons. The Labute approximate surface area is 327 Å². The van der Waals surface area contributed by atoms with Crippen molar-refractivity contribution in [2.75, 3.05) is 0 Å². The van der Waals surface area contributed by atoms with Gasteiger partial charge in [0.1, 0.15) is 0 Å². The van der Waals surface area contributed by atoms with Crippen LogP contribution in [0.1, 0.15) is 0 Å². The number of rotatable bonds is 6. The Morgan fingerprint density at radius 2 is 0.679 bits per heavy atom. The van der Waals surface area contributed by atoms with E-state index in [0.29, 0.717) is 0 Å². The first-order valence-electron chi connectivity index (χ1n) is 19.4. The van der Waals surface area contributed by atoms with E-state index in [9.17, 15) is 0 Å². The molecular formula is C56H36. The van der Waals surface area contributed by atoms with Gasteiger partial charge < -0.3 is 0 Å². The maximum atomic E-state index is 2.46. The molecule has 0 saturated heterocycles. The Balaban J connectivity index is 1.14. The molecule has 0 heterocycles. The molecule has 0 unspecified atom stereocenters. The summed E-state index contributed by atoms with van der Waals surface area (Å²) in [4.78, 5) is 0. The van der Waals surface area contributed by atoms with Gasteiger partial charge in [-0.1, -0.05) is 194 Å². The van der Waals surface area contributed by atoms with Gasteiger partial charge in [-0.15, -0.1) is 0 Å². The lowest BCUT2D eigenvalue weighted by atomic mass is 9.82. The average Bonchev–Trinajstić information content (AvgIpc) is 3.62. The molecule has 11 rings (SSSR count). The fraction of sp³-hybridized carbons (Fsp3) is 0.